The van der Waals surface area contributed by atoms with E-state index < -0.39 is 0 Å². The van der Waals surface area contributed by atoms with Crippen molar-refractivity contribution in [1.29, 1.82) is 0 Å². The number of aliphatic imine (C=N–C) groups is 1. The van der Waals surface area contributed by atoms with E-state index in [1.165, 1.54) is 0 Å². The molecule has 0 saturated heterocycles. The van der Waals surface area contributed by atoms with Gasteiger partial charge in [0.15, 0.2) is 17.5 Å². The molecule has 1 heterocycles. The number of benzene rings is 1. The zero-order chi connectivity index (χ0) is 19.5. The summed E-state index contributed by atoms with van der Waals surface area (Å²) in [5.41, 5.74) is 2.10. The molecule has 0 unspecified atom stereocenters. The zero-order valence-electron chi connectivity index (χ0n) is 16.8. The molecule has 1 aromatic heterocycles. The van der Waals surface area contributed by atoms with E-state index in [0.717, 1.165) is 48.1 Å². The van der Waals surface area contributed by atoms with Crippen molar-refractivity contribution in [3.8, 4) is 17.4 Å². The summed E-state index contributed by atoms with van der Waals surface area (Å²) in [5, 5.41) is 6.60. The Bertz CT molecular complexity index is 756. The highest BCUT2D eigenvalue weighted by molar-refractivity contribution is 14.0. The smallest absolute Gasteiger partial charge is 0.218 e. The van der Waals surface area contributed by atoms with Crippen molar-refractivity contribution in [2.24, 2.45) is 4.99 Å². The van der Waals surface area contributed by atoms with Gasteiger partial charge in [0.25, 0.3) is 0 Å². The van der Waals surface area contributed by atoms with E-state index in [1.807, 2.05) is 37.3 Å². The lowest BCUT2D eigenvalue weighted by atomic mass is 10.1. The fourth-order valence-corrected chi connectivity index (χ4v) is 2.60. The monoisotopic (exact) mass is 500 g/mol. The van der Waals surface area contributed by atoms with Crippen molar-refractivity contribution in [1.82, 2.24) is 15.6 Å². The molecule has 0 saturated carbocycles. The van der Waals surface area contributed by atoms with Crippen LogP contribution in [0.15, 0.2) is 41.5 Å². The fourth-order valence-electron chi connectivity index (χ4n) is 2.60. The summed E-state index contributed by atoms with van der Waals surface area (Å²) in [6.45, 7) is 4.05. The third kappa shape index (κ3) is 7.06. The maximum absolute atomic E-state index is 5.35. The first-order chi connectivity index (χ1) is 13.2. The number of ether oxygens (including phenoxy) is 3. The average Bonchev–Trinajstić information content (AvgIpc) is 2.72. The third-order valence-electron chi connectivity index (χ3n) is 3.95. The van der Waals surface area contributed by atoms with Crippen molar-refractivity contribution in [2.45, 2.75) is 19.9 Å². The van der Waals surface area contributed by atoms with Gasteiger partial charge in [0.1, 0.15) is 0 Å². The number of nitrogens with one attached hydrogen (secondary N) is 2. The number of hydrogen-bond donors (Lipinski definition) is 2. The van der Waals surface area contributed by atoms with Crippen molar-refractivity contribution in [3.63, 3.8) is 0 Å². The summed E-state index contributed by atoms with van der Waals surface area (Å²) in [5.74, 6) is 2.82. The second-order valence-electron chi connectivity index (χ2n) is 5.73. The van der Waals surface area contributed by atoms with Gasteiger partial charge in [-0.25, -0.2) is 9.98 Å². The predicted molar refractivity (Wildman–Crippen MR) is 122 cm³/mol. The molecule has 0 radical (unpaired) electrons. The first kappa shape index (κ1) is 23.8. The summed E-state index contributed by atoms with van der Waals surface area (Å²) in [4.78, 5) is 8.81. The van der Waals surface area contributed by atoms with Crippen LogP contribution in [0.1, 0.15) is 18.1 Å². The molecule has 0 aliphatic heterocycles. The standard InChI is InChI=1S/C20H28N4O3.HI/c1-5-21-20(24-14-16-7-6-11-22-19(16)27-4)23-12-10-15-8-9-17(25-2)18(13-15)26-3;/h6-9,11,13H,5,10,12,14H2,1-4H3,(H2,21,23,24);1H. The number of pyridine rings is 1. The molecule has 0 fully saturated rings. The lowest BCUT2D eigenvalue weighted by Gasteiger charge is -2.13. The highest BCUT2D eigenvalue weighted by Gasteiger charge is 2.06. The highest BCUT2D eigenvalue weighted by Crippen LogP contribution is 2.27. The van der Waals surface area contributed by atoms with Crippen LogP contribution in [0.2, 0.25) is 0 Å². The molecule has 0 bridgehead atoms. The van der Waals surface area contributed by atoms with Crippen LogP contribution in [0, 0.1) is 0 Å². The molecular weight excluding hydrogens is 471 g/mol. The van der Waals surface area contributed by atoms with E-state index in [-0.39, 0.29) is 24.0 Å². The molecule has 7 nitrogen and oxygen atoms in total. The first-order valence-corrected chi connectivity index (χ1v) is 8.92. The number of guanidine groups is 1. The van der Waals surface area contributed by atoms with Crippen molar-refractivity contribution in [2.75, 3.05) is 34.4 Å². The van der Waals surface area contributed by atoms with Crippen LogP contribution in [-0.2, 0) is 13.0 Å². The SMILES string of the molecule is CCNC(=NCc1cccnc1OC)NCCc1ccc(OC)c(OC)c1.I. The maximum Gasteiger partial charge on any atom is 0.218 e. The lowest BCUT2D eigenvalue weighted by Crippen LogP contribution is -2.38. The number of hydrogen-bond acceptors (Lipinski definition) is 5. The Kier molecular flexibility index (Phi) is 11.1. The van der Waals surface area contributed by atoms with Crippen LogP contribution in [0.4, 0.5) is 0 Å². The van der Waals surface area contributed by atoms with E-state index in [2.05, 4.69) is 20.6 Å². The Morgan fingerprint density at radius 3 is 2.50 bits per heavy atom. The molecule has 0 aliphatic rings. The number of aromatic nitrogens is 1. The minimum absolute atomic E-state index is 0. The van der Waals surface area contributed by atoms with Gasteiger partial charge in [0, 0.05) is 24.8 Å². The number of methoxy groups -OCH3 is 3. The third-order valence-corrected chi connectivity index (χ3v) is 3.95. The van der Waals surface area contributed by atoms with Gasteiger partial charge < -0.3 is 24.8 Å². The number of rotatable bonds is 9. The van der Waals surface area contributed by atoms with Crippen LogP contribution in [0.25, 0.3) is 0 Å². The van der Waals surface area contributed by atoms with E-state index in [1.54, 1.807) is 27.5 Å². The van der Waals surface area contributed by atoms with Crippen LogP contribution in [-0.4, -0.2) is 45.4 Å². The molecule has 8 heteroatoms. The summed E-state index contributed by atoms with van der Waals surface area (Å²) in [6.07, 6.45) is 2.54. The van der Waals surface area contributed by atoms with Gasteiger partial charge in [0.05, 0.1) is 27.9 Å². The Hall–Kier alpha value is -2.23. The van der Waals surface area contributed by atoms with Gasteiger partial charge >= 0.3 is 0 Å². The minimum atomic E-state index is 0. The Morgan fingerprint density at radius 1 is 1.04 bits per heavy atom. The Morgan fingerprint density at radius 2 is 1.82 bits per heavy atom. The van der Waals surface area contributed by atoms with E-state index in [9.17, 15) is 0 Å². The van der Waals surface area contributed by atoms with Crippen molar-refractivity contribution < 1.29 is 14.2 Å². The van der Waals surface area contributed by atoms with Gasteiger partial charge in [-0.3, -0.25) is 0 Å². The molecule has 2 rings (SSSR count). The maximum atomic E-state index is 5.35. The largest absolute Gasteiger partial charge is 0.493 e. The van der Waals surface area contributed by atoms with Crippen molar-refractivity contribution >= 4 is 29.9 Å². The summed E-state index contributed by atoms with van der Waals surface area (Å²) in [6, 6.07) is 9.79. The molecule has 0 spiro atoms. The van der Waals surface area contributed by atoms with Crippen LogP contribution < -0.4 is 24.8 Å². The van der Waals surface area contributed by atoms with Crippen LogP contribution in [0.3, 0.4) is 0 Å². The van der Waals surface area contributed by atoms with Gasteiger partial charge in [-0.1, -0.05) is 12.1 Å². The first-order valence-electron chi connectivity index (χ1n) is 8.92. The Labute approximate surface area is 183 Å². The molecule has 2 aromatic rings. The molecular formula is C20H29IN4O3. The summed E-state index contributed by atoms with van der Waals surface area (Å²) >= 11 is 0. The quantitative estimate of drug-likeness (QED) is 0.313. The predicted octanol–water partition coefficient (Wildman–Crippen LogP) is 3.02. The fraction of sp³-hybridized carbons (Fsp3) is 0.400. The van der Waals surface area contributed by atoms with E-state index in [0.29, 0.717) is 12.4 Å². The number of nitrogens with zero attached hydrogens (tertiary/aromatic N) is 2. The second kappa shape index (κ2) is 13.0. The summed E-state index contributed by atoms with van der Waals surface area (Å²) in [7, 11) is 4.89. The van der Waals surface area contributed by atoms with E-state index in [4.69, 9.17) is 14.2 Å². The second-order valence-corrected chi connectivity index (χ2v) is 5.73. The average molecular weight is 500 g/mol. The molecule has 28 heavy (non-hydrogen) atoms. The van der Waals surface area contributed by atoms with Crippen molar-refractivity contribution in [3.05, 3.63) is 47.7 Å². The minimum Gasteiger partial charge on any atom is -0.493 e. The van der Waals surface area contributed by atoms with Crippen LogP contribution >= 0.6 is 24.0 Å². The molecule has 0 amide bonds. The van der Waals surface area contributed by atoms with Gasteiger partial charge in [-0.2, -0.15) is 0 Å². The molecule has 0 aliphatic carbocycles. The zero-order valence-corrected chi connectivity index (χ0v) is 19.2. The molecule has 1 aromatic carbocycles. The molecule has 2 N–H and O–H groups in total. The van der Waals surface area contributed by atoms with Gasteiger partial charge in [-0.15, -0.1) is 24.0 Å². The van der Waals surface area contributed by atoms with Gasteiger partial charge in [-0.05, 0) is 37.1 Å². The highest BCUT2D eigenvalue weighted by atomic mass is 127. The normalized spacial score (nSPS) is 10.6. The molecule has 0 atom stereocenters. The lowest BCUT2D eigenvalue weighted by molar-refractivity contribution is 0.354. The topological polar surface area (TPSA) is 77.0 Å². The van der Waals surface area contributed by atoms with E-state index >= 15 is 0 Å². The van der Waals surface area contributed by atoms with Gasteiger partial charge in [0.2, 0.25) is 5.88 Å². The molecule has 154 valence electrons. The Balaban J connectivity index is 0.00000392. The van der Waals surface area contributed by atoms with Crippen LogP contribution in [0.5, 0.6) is 17.4 Å². The summed E-state index contributed by atoms with van der Waals surface area (Å²) < 4.78 is 15.9. The number of halogens is 1.